The van der Waals surface area contributed by atoms with Gasteiger partial charge >= 0.3 is 0 Å². The number of nitrogens with zero attached hydrogens (tertiary/aromatic N) is 1. The number of sulfonamides is 1. The molecule has 3 aromatic rings. The lowest BCUT2D eigenvalue weighted by Gasteiger charge is -2.20. The van der Waals surface area contributed by atoms with Gasteiger partial charge in [0, 0.05) is 13.6 Å². The van der Waals surface area contributed by atoms with Gasteiger partial charge in [-0.2, -0.15) is 0 Å². The molecule has 0 aliphatic heterocycles. The average molecular weight is 570 g/mol. The van der Waals surface area contributed by atoms with E-state index in [-0.39, 0.29) is 5.91 Å². The zero-order valence-electron chi connectivity index (χ0n) is 23.3. The number of rotatable bonds is 13. The number of hydrogen-bond acceptors (Lipinski definition) is 7. The molecule has 0 spiro atoms. The van der Waals surface area contributed by atoms with Crippen molar-refractivity contribution in [1.82, 2.24) is 5.32 Å². The molecule has 0 saturated carbocycles. The summed E-state index contributed by atoms with van der Waals surface area (Å²) in [6.45, 7) is 2.19. The summed E-state index contributed by atoms with van der Waals surface area (Å²) in [6.07, 6.45) is 1.23. The number of ether oxygens (including phenoxy) is 3. The monoisotopic (exact) mass is 569 g/mol. The minimum Gasteiger partial charge on any atom is -0.493 e. The SMILES string of the molecule is CCC(Oc1ccc(N(C)S(C)(=O)=O)cc1)C(=O)Nc1ccccc1C(=O)NCCc1ccc(OC)c(OC)c1. The second kappa shape index (κ2) is 13.7. The van der Waals surface area contributed by atoms with E-state index < -0.39 is 22.0 Å². The molecule has 3 aromatic carbocycles. The molecule has 10 nitrogen and oxygen atoms in total. The number of anilines is 2. The molecule has 0 saturated heterocycles. The first-order chi connectivity index (χ1) is 19.1. The first kappa shape index (κ1) is 30.3. The lowest BCUT2D eigenvalue weighted by molar-refractivity contribution is -0.122. The normalized spacial score (nSPS) is 11.7. The van der Waals surface area contributed by atoms with Crippen LogP contribution >= 0.6 is 0 Å². The van der Waals surface area contributed by atoms with Crippen LogP contribution in [0, 0.1) is 0 Å². The summed E-state index contributed by atoms with van der Waals surface area (Å²) in [5.74, 6) is 0.922. The third-order valence-corrected chi connectivity index (χ3v) is 7.42. The largest absolute Gasteiger partial charge is 0.493 e. The van der Waals surface area contributed by atoms with Crippen LogP contribution in [0.1, 0.15) is 29.3 Å². The highest BCUT2D eigenvalue weighted by Crippen LogP contribution is 2.27. The van der Waals surface area contributed by atoms with Gasteiger partial charge in [0.25, 0.3) is 11.8 Å². The van der Waals surface area contributed by atoms with E-state index in [1.54, 1.807) is 62.8 Å². The van der Waals surface area contributed by atoms with Crippen LogP contribution in [0.25, 0.3) is 0 Å². The van der Waals surface area contributed by atoms with Crippen LogP contribution in [-0.4, -0.2) is 60.4 Å². The van der Waals surface area contributed by atoms with Crippen LogP contribution in [0.15, 0.2) is 66.7 Å². The van der Waals surface area contributed by atoms with Crippen LogP contribution in [0.3, 0.4) is 0 Å². The molecule has 40 heavy (non-hydrogen) atoms. The third-order valence-electron chi connectivity index (χ3n) is 6.22. The number of nitrogens with one attached hydrogen (secondary N) is 2. The summed E-state index contributed by atoms with van der Waals surface area (Å²) in [5.41, 5.74) is 2.13. The standard InChI is InChI=1S/C29H35N3O7S/c1-6-25(39-22-14-12-21(13-15-22)32(2)40(5,35)36)29(34)31-24-10-8-7-9-23(24)28(33)30-18-17-20-11-16-26(37-3)27(19-20)38-4/h7-16,19,25H,6,17-18H2,1-5H3,(H,30,33)(H,31,34). The Balaban J connectivity index is 1.62. The highest BCUT2D eigenvalue weighted by Gasteiger charge is 2.21. The minimum absolute atomic E-state index is 0.323. The Labute approximate surface area is 235 Å². The van der Waals surface area contributed by atoms with Gasteiger partial charge in [0.2, 0.25) is 10.0 Å². The van der Waals surface area contributed by atoms with Crippen molar-refractivity contribution in [3.8, 4) is 17.2 Å². The van der Waals surface area contributed by atoms with Crippen LogP contribution in [0.5, 0.6) is 17.2 Å². The molecule has 0 aliphatic rings. The van der Waals surface area contributed by atoms with Crippen molar-refractivity contribution in [3.05, 3.63) is 77.9 Å². The first-order valence-electron chi connectivity index (χ1n) is 12.7. The molecule has 214 valence electrons. The number of amides is 2. The molecule has 2 N–H and O–H groups in total. The van der Waals surface area contributed by atoms with Crippen LogP contribution in [-0.2, 0) is 21.2 Å². The second-order valence-electron chi connectivity index (χ2n) is 8.97. The Kier molecular flexibility index (Phi) is 10.4. The minimum atomic E-state index is -3.40. The fourth-order valence-corrected chi connectivity index (χ4v) is 4.37. The predicted molar refractivity (Wildman–Crippen MR) is 155 cm³/mol. The van der Waals surface area contributed by atoms with Crippen molar-refractivity contribution < 1.29 is 32.2 Å². The Morgan fingerprint density at radius 3 is 2.25 bits per heavy atom. The van der Waals surface area contributed by atoms with Gasteiger partial charge in [-0.15, -0.1) is 0 Å². The van der Waals surface area contributed by atoms with E-state index in [0.717, 1.165) is 16.1 Å². The Morgan fingerprint density at radius 2 is 1.62 bits per heavy atom. The predicted octanol–water partition coefficient (Wildman–Crippen LogP) is 3.87. The summed E-state index contributed by atoms with van der Waals surface area (Å²) < 4.78 is 41.1. The zero-order valence-corrected chi connectivity index (χ0v) is 24.1. The smallest absolute Gasteiger partial charge is 0.265 e. The lowest BCUT2D eigenvalue weighted by Crippen LogP contribution is -2.33. The highest BCUT2D eigenvalue weighted by atomic mass is 32.2. The number of benzene rings is 3. The maximum Gasteiger partial charge on any atom is 0.265 e. The quantitative estimate of drug-likeness (QED) is 0.320. The van der Waals surface area contributed by atoms with Crippen molar-refractivity contribution in [1.29, 1.82) is 0 Å². The van der Waals surface area contributed by atoms with Gasteiger partial charge in [0.1, 0.15) is 5.75 Å². The van der Waals surface area contributed by atoms with E-state index >= 15 is 0 Å². The Bertz CT molecular complexity index is 1430. The average Bonchev–Trinajstić information content (AvgIpc) is 2.95. The first-order valence-corrected chi connectivity index (χ1v) is 14.5. The number of methoxy groups -OCH3 is 2. The van der Waals surface area contributed by atoms with E-state index in [1.165, 1.54) is 7.05 Å². The van der Waals surface area contributed by atoms with Crippen LogP contribution < -0.4 is 29.1 Å². The summed E-state index contributed by atoms with van der Waals surface area (Å²) in [6, 6.07) is 18.7. The topological polar surface area (TPSA) is 123 Å². The van der Waals surface area contributed by atoms with Crippen LogP contribution in [0.2, 0.25) is 0 Å². The fraction of sp³-hybridized carbons (Fsp3) is 0.310. The molecule has 3 rings (SSSR count). The Hall–Kier alpha value is -4.25. The molecular formula is C29H35N3O7S. The van der Waals surface area contributed by atoms with Crippen molar-refractivity contribution in [2.75, 3.05) is 43.7 Å². The molecule has 2 amide bonds. The lowest BCUT2D eigenvalue weighted by atomic mass is 10.1. The fourth-order valence-electron chi connectivity index (χ4n) is 3.87. The van der Waals surface area contributed by atoms with Gasteiger partial charge in [-0.25, -0.2) is 8.42 Å². The third kappa shape index (κ3) is 7.89. The molecule has 0 heterocycles. The molecule has 0 aromatic heterocycles. The molecule has 0 fully saturated rings. The number of carbonyl (C=O) groups excluding carboxylic acids is 2. The highest BCUT2D eigenvalue weighted by molar-refractivity contribution is 7.92. The maximum absolute atomic E-state index is 13.1. The second-order valence-corrected chi connectivity index (χ2v) is 11.0. The van der Waals surface area contributed by atoms with Gasteiger partial charge in [-0.3, -0.25) is 13.9 Å². The van der Waals surface area contributed by atoms with Crippen molar-refractivity contribution in [2.24, 2.45) is 0 Å². The van der Waals surface area contributed by atoms with E-state index in [4.69, 9.17) is 14.2 Å². The molecule has 1 unspecified atom stereocenters. The summed E-state index contributed by atoms with van der Waals surface area (Å²) in [4.78, 5) is 26.0. The van der Waals surface area contributed by atoms with Gasteiger partial charge in [-0.05, 0) is 66.9 Å². The van der Waals surface area contributed by atoms with Crippen molar-refractivity contribution in [2.45, 2.75) is 25.9 Å². The summed E-state index contributed by atoms with van der Waals surface area (Å²) >= 11 is 0. The van der Waals surface area contributed by atoms with Crippen molar-refractivity contribution >= 4 is 33.2 Å². The van der Waals surface area contributed by atoms with E-state index in [9.17, 15) is 18.0 Å². The number of hydrogen-bond donors (Lipinski definition) is 2. The molecule has 0 bridgehead atoms. The van der Waals surface area contributed by atoms with E-state index in [2.05, 4.69) is 10.6 Å². The zero-order chi connectivity index (χ0) is 29.3. The van der Waals surface area contributed by atoms with E-state index in [0.29, 0.717) is 53.6 Å². The molecule has 11 heteroatoms. The number of para-hydroxylation sites is 1. The van der Waals surface area contributed by atoms with Gasteiger partial charge in [0.05, 0.1) is 37.4 Å². The number of carbonyl (C=O) groups is 2. The molecule has 0 radical (unpaired) electrons. The summed E-state index contributed by atoms with van der Waals surface area (Å²) in [5, 5.41) is 5.70. The van der Waals surface area contributed by atoms with Crippen molar-refractivity contribution in [3.63, 3.8) is 0 Å². The molecular weight excluding hydrogens is 534 g/mol. The van der Waals surface area contributed by atoms with Gasteiger partial charge < -0.3 is 24.8 Å². The van der Waals surface area contributed by atoms with Crippen LogP contribution in [0.4, 0.5) is 11.4 Å². The van der Waals surface area contributed by atoms with Gasteiger partial charge in [0.15, 0.2) is 17.6 Å². The Morgan fingerprint density at radius 1 is 0.950 bits per heavy atom. The maximum atomic E-state index is 13.1. The van der Waals surface area contributed by atoms with E-state index in [1.807, 2.05) is 25.1 Å². The molecule has 1 atom stereocenters. The molecule has 0 aliphatic carbocycles. The van der Waals surface area contributed by atoms with Gasteiger partial charge in [-0.1, -0.05) is 25.1 Å². The summed E-state index contributed by atoms with van der Waals surface area (Å²) in [7, 11) is 1.20.